The second-order valence-corrected chi connectivity index (χ2v) is 11.2. The minimum Gasteiger partial charge on any atom is -0.507 e. The van der Waals surface area contributed by atoms with Gasteiger partial charge in [-0.2, -0.15) is 5.10 Å². The van der Waals surface area contributed by atoms with E-state index in [0.717, 1.165) is 0 Å². The number of aromatic amines is 1. The Balaban J connectivity index is 1.70. The van der Waals surface area contributed by atoms with Crippen LogP contribution < -0.4 is 9.47 Å². The van der Waals surface area contributed by atoms with Crippen LogP contribution >= 0.6 is 11.6 Å². The number of phenols is 1. The summed E-state index contributed by atoms with van der Waals surface area (Å²) in [4.78, 5) is 15.2. The molecule has 2 N–H and O–H groups in total. The molecule has 11 heteroatoms. The van der Waals surface area contributed by atoms with Gasteiger partial charge in [0.05, 0.1) is 31.3 Å². The maximum Gasteiger partial charge on any atom is 0.273 e. The number of amides is 1. The largest absolute Gasteiger partial charge is 0.507 e. The summed E-state index contributed by atoms with van der Waals surface area (Å²) < 4.78 is 35.8. The number of hydrogen-bond acceptors (Lipinski definition) is 7. The summed E-state index contributed by atoms with van der Waals surface area (Å²) in [6.07, 6.45) is 0.341. The van der Waals surface area contributed by atoms with Crippen LogP contribution in [0.25, 0.3) is 11.3 Å². The van der Waals surface area contributed by atoms with E-state index in [1.54, 1.807) is 29.2 Å². The number of aromatic hydroxyl groups is 1. The molecule has 2 atom stereocenters. The van der Waals surface area contributed by atoms with Crippen molar-refractivity contribution in [2.24, 2.45) is 0 Å². The Morgan fingerprint density at radius 1 is 1.23 bits per heavy atom. The van der Waals surface area contributed by atoms with Crippen molar-refractivity contribution < 1.29 is 27.8 Å². The Bertz CT molecular complexity index is 1420. The van der Waals surface area contributed by atoms with E-state index < -0.39 is 21.9 Å². The van der Waals surface area contributed by atoms with Crippen molar-refractivity contribution in [3.8, 4) is 28.5 Å². The second-order valence-electron chi connectivity index (χ2n) is 8.54. The number of ether oxygens (including phenoxy) is 2. The Labute approximate surface area is 207 Å². The zero-order valence-corrected chi connectivity index (χ0v) is 20.7. The number of H-pyrrole nitrogens is 1. The Kier molecular flexibility index (Phi) is 5.88. The molecule has 2 aromatic carbocycles. The molecule has 3 heterocycles. The first-order valence-electron chi connectivity index (χ1n) is 11.1. The number of fused-ring (bicyclic) bond motifs is 1. The molecule has 9 nitrogen and oxygen atoms in total. The van der Waals surface area contributed by atoms with Crippen LogP contribution in [0, 0.1) is 0 Å². The molecule has 1 aromatic heterocycles. The van der Waals surface area contributed by atoms with Crippen LogP contribution in [-0.4, -0.2) is 65.8 Å². The number of sulfone groups is 1. The highest BCUT2D eigenvalue weighted by atomic mass is 35.5. The van der Waals surface area contributed by atoms with Gasteiger partial charge in [0.15, 0.2) is 21.3 Å². The number of aromatic nitrogens is 2. The van der Waals surface area contributed by atoms with E-state index >= 15 is 0 Å². The standard InChI is InChI=1S/C24H24ClN3O6S/c1-3-34-18-7-4-13(10-19(18)33-2)23-20-21(16-11-14(25)5-6-17(16)29)26-27-22(20)24(30)28(23)15-8-9-35(31,32)12-15/h4-7,10-11,15,23,29H,3,8-9,12H2,1-2H3,(H,26,27). The van der Waals surface area contributed by atoms with Gasteiger partial charge in [-0.25, -0.2) is 8.42 Å². The lowest BCUT2D eigenvalue weighted by molar-refractivity contribution is 0.0677. The second kappa shape index (κ2) is 8.76. The maximum absolute atomic E-state index is 13.6. The van der Waals surface area contributed by atoms with E-state index in [2.05, 4.69) is 10.2 Å². The van der Waals surface area contributed by atoms with Gasteiger partial charge in [0.1, 0.15) is 17.1 Å². The first kappa shape index (κ1) is 23.5. The molecule has 5 rings (SSSR count). The van der Waals surface area contributed by atoms with Gasteiger partial charge in [-0.3, -0.25) is 9.89 Å². The van der Waals surface area contributed by atoms with Crippen molar-refractivity contribution in [1.29, 1.82) is 0 Å². The van der Waals surface area contributed by atoms with Crippen molar-refractivity contribution in [2.75, 3.05) is 25.2 Å². The van der Waals surface area contributed by atoms with E-state index in [4.69, 9.17) is 21.1 Å². The molecular weight excluding hydrogens is 494 g/mol. The quantitative estimate of drug-likeness (QED) is 0.512. The molecule has 0 saturated carbocycles. The number of carbonyl (C=O) groups excluding carboxylic acids is 1. The number of halogens is 1. The molecule has 35 heavy (non-hydrogen) atoms. The van der Waals surface area contributed by atoms with Gasteiger partial charge in [-0.15, -0.1) is 0 Å². The summed E-state index contributed by atoms with van der Waals surface area (Å²) in [5.74, 6) is 0.563. The lowest BCUT2D eigenvalue weighted by atomic mass is 9.94. The average Bonchev–Trinajstić information content (AvgIpc) is 3.49. The molecule has 0 radical (unpaired) electrons. The van der Waals surface area contributed by atoms with Crippen LogP contribution in [0.3, 0.4) is 0 Å². The van der Waals surface area contributed by atoms with Crippen molar-refractivity contribution in [3.63, 3.8) is 0 Å². The van der Waals surface area contributed by atoms with Crippen molar-refractivity contribution >= 4 is 27.3 Å². The monoisotopic (exact) mass is 517 g/mol. The molecular formula is C24H24ClN3O6S. The minimum absolute atomic E-state index is 0.0227. The van der Waals surface area contributed by atoms with Gasteiger partial charge in [0.25, 0.3) is 5.91 Å². The van der Waals surface area contributed by atoms with Crippen molar-refractivity contribution in [1.82, 2.24) is 15.1 Å². The molecule has 2 aliphatic heterocycles. The van der Waals surface area contributed by atoms with Crippen LogP contribution in [0.2, 0.25) is 5.02 Å². The van der Waals surface area contributed by atoms with E-state index in [0.29, 0.717) is 51.9 Å². The fourth-order valence-electron chi connectivity index (χ4n) is 4.90. The highest BCUT2D eigenvalue weighted by Gasteiger charge is 2.48. The molecule has 0 bridgehead atoms. The lowest BCUT2D eigenvalue weighted by Gasteiger charge is -2.31. The third kappa shape index (κ3) is 4.00. The van der Waals surface area contributed by atoms with Crippen LogP contribution in [0.1, 0.15) is 41.0 Å². The topological polar surface area (TPSA) is 122 Å². The number of nitrogens with zero attached hydrogens (tertiary/aromatic N) is 2. The zero-order valence-electron chi connectivity index (χ0n) is 19.1. The van der Waals surface area contributed by atoms with Crippen molar-refractivity contribution in [3.05, 3.63) is 58.2 Å². The number of nitrogens with one attached hydrogen (secondary N) is 1. The van der Waals surface area contributed by atoms with Gasteiger partial charge in [0.2, 0.25) is 0 Å². The Morgan fingerprint density at radius 2 is 2.03 bits per heavy atom. The van der Waals surface area contributed by atoms with Crippen LogP contribution in [-0.2, 0) is 9.84 Å². The van der Waals surface area contributed by atoms with E-state index in [9.17, 15) is 18.3 Å². The van der Waals surface area contributed by atoms with Gasteiger partial charge < -0.3 is 19.5 Å². The third-order valence-corrected chi connectivity index (χ3v) is 8.41. The summed E-state index contributed by atoms with van der Waals surface area (Å²) in [5, 5.41) is 18.1. The van der Waals surface area contributed by atoms with Crippen LogP contribution in [0.4, 0.5) is 0 Å². The van der Waals surface area contributed by atoms with E-state index in [-0.39, 0.29) is 28.9 Å². The number of rotatable bonds is 6. The first-order valence-corrected chi connectivity index (χ1v) is 13.3. The number of methoxy groups -OCH3 is 1. The molecule has 1 fully saturated rings. The van der Waals surface area contributed by atoms with Gasteiger partial charge in [-0.1, -0.05) is 17.7 Å². The lowest BCUT2D eigenvalue weighted by Crippen LogP contribution is -2.40. The molecule has 184 valence electrons. The predicted molar refractivity (Wildman–Crippen MR) is 130 cm³/mol. The highest BCUT2D eigenvalue weighted by Crippen LogP contribution is 2.48. The molecule has 2 unspecified atom stereocenters. The van der Waals surface area contributed by atoms with Gasteiger partial charge >= 0.3 is 0 Å². The number of hydrogen-bond donors (Lipinski definition) is 2. The average molecular weight is 518 g/mol. The van der Waals surface area contributed by atoms with Crippen molar-refractivity contribution in [2.45, 2.75) is 25.4 Å². The summed E-state index contributed by atoms with van der Waals surface area (Å²) in [5.41, 5.74) is 2.23. The summed E-state index contributed by atoms with van der Waals surface area (Å²) in [7, 11) is -1.73. The first-order chi connectivity index (χ1) is 16.7. The minimum atomic E-state index is -3.26. The third-order valence-electron chi connectivity index (χ3n) is 6.42. The highest BCUT2D eigenvalue weighted by molar-refractivity contribution is 7.91. The normalized spacial score (nSPS) is 20.8. The fraction of sp³-hybridized carbons (Fsp3) is 0.333. The molecule has 3 aromatic rings. The number of benzene rings is 2. The maximum atomic E-state index is 13.6. The molecule has 1 amide bonds. The van der Waals surface area contributed by atoms with Gasteiger partial charge in [0, 0.05) is 22.2 Å². The Morgan fingerprint density at radius 3 is 2.71 bits per heavy atom. The number of phenolic OH excluding ortho intramolecular Hbond substituents is 1. The molecule has 1 saturated heterocycles. The van der Waals surface area contributed by atoms with Gasteiger partial charge in [-0.05, 0) is 49.2 Å². The summed E-state index contributed by atoms with van der Waals surface area (Å²) in [6, 6.07) is 8.81. The smallest absolute Gasteiger partial charge is 0.273 e. The summed E-state index contributed by atoms with van der Waals surface area (Å²) in [6.45, 7) is 2.32. The predicted octanol–water partition coefficient (Wildman–Crippen LogP) is 3.58. The summed E-state index contributed by atoms with van der Waals surface area (Å²) >= 11 is 6.19. The van der Waals surface area contributed by atoms with E-state index in [1.807, 2.05) is 13.0 Å². The SMILES string of the molecule is CCOc1ccc(C2c3c(-c4cc(Cl)ccc4O)n[nH]c3C(=O)N2C2CCS(=O)(=O)C2)cc1OC. The Hall–Kier alpha value is -3.24. The molecule has 0 aliphatic carbocycles. The number of carbonyl (C=O) groups is 1. The molecule has 2 aliphatic rings. The van der Waals surface area contributed by atoms with Crippen LogP contribution in [0.15, 0.2) is 36.4 Å². The zero-order chi connectivity index (χ0) is 24.9. The van der Waals surface area contributed by atoms with E-state index in [1.165, 1.54) is 13.2 Å². The van der Waals surface area contributed by atoms with Crippen LogP contribution in [0.5, 0.6) is 17.2 Å². The molecule has 0 spiro atoms. The fourth-order valence-corrected chi connectivity index (χ4v) is 6.78.